The summed E-state index contributed by atoms with van der Waals surface area (Å²) in [7, 11) is 0. The van der Waals surface area contributed by atoms with Crippen molar-refractivity contribution in [1.29, 1.82) is 0 Å². The minimum Gasteiger partial charge on any atom is -0.461 e. The Hall–Kier alpha value is -3.38. The zero-order valence-corrected chi connectivity index (χ0v) is 14.8. The largest absolute Gasteiger partial charge is 0.461 e. The number of nitrogens with zero attached hydrogens (tertiary/aromatic N) is 2. The standard InChI is InChI=1S/C20H14ClN3O3/c21-14-9-7-13(8-10-14)12-18(25)22-16-5-2-1-4-15(16)20-23-19(24-27-20)17-6-3-11-26-17/h1-11H,12H2,(H,22,25). The van der Waals surface area contributed by atoms with Crippen LogP contribution in [0.4, 0.5) is 5.69 Å². The molecule has 1 N–H and O–H groups in total. The van der Waals surface area contributed by atoms with Crippen molar-refractivity contribution in [2.75, 3.05) is 5.32 Å². The van der Waals surface area contributed by atoms with Gasteiger partial charge in [0.05, 0.1) is 23.9 Å². The molecule has 0 bridgehead atoms. The van der Waals surface area contributed by atoms with Crippen molar-refractivity contribution >= 4 is 23.2 Å². The maximum Gasteiger partial charge on any atom is 0.260 e. The minimum atomic E-state index is -0.157. The van der Waals surface area contributed by atoms with E-state index in [0.29, 0.717) is 33.7 Å². The number of carbonyl (C=O) groups excluding carboxylic acids is 1. The smallest absolute Gasteiger partial charge is 0.260 e. The second-order valence-electron chi connectivity index (χ2n) is 5.80. The van der Waals surface area contributed by atoms with Gasteiger partial charge in [0.1, 0.15) is 0 Å². The van der Waals surface area contributed by atoms with Crippen LogP contribution < -0.4 is 5.32 Å². The quantitative estimate of drug-likeness (QED) is 0.537. The molecular weight excluding hydrogens is 366 g/mol. The van der Waals surface area contributed by atoms with Crippen LogP contribution in [0.5, 0.6) is 0 Å². The van der Waals surface area contributed by atoms with E-state index < -0.39 is 0 Å². The van der Waals surface area contributed by atoms with Crippen LogP contribution in [0.3, 0.4) is 0 Å². The van der Waals surface area contributed by atoms with E-state index in [1.807, 2.05) is 24.3 Å². The summed E-state index contributed by atoms with van der Waals surface area (Å²) in [6, 6.07) is 17.9. The summed E-state index contributed by atoms with van der Waals surface area (Å²) in [5, 5.41) is 7.45. The molecule has 0 aliphatic heterocycles. The Morgan fingerprint density at radius 1 is 1.04 bits per heavy atom. The normalized spacial score (nSPS) is 10.7. The fourth-order valence-corrected chi connectivity index (χ4v) is 2.73. The number of halogens is 1. The Balaban J connectivity index is 1.54. The average Bonchev–Trinajstić information content (AvgIpc) is 3.35. The molecule has 0 aliphatic rings. The van der Waals surface area contributed by atoms with Crippen molar-refractivity contribution in [3.63, 3.8) is 0 Å². The number of anilines is 1. The number of aromatic nitrogens is 2. The Labute approximate surface area is 159 Å². The van der Waals surface area contributed by atoms with Gasteiger partial charge in [0.25, 0.3) is 5.89 Å². The summed E-state index contributed by atoms with van der Waals surface area (Å²) < 4.78 is 10.6. The highest BCUT2D eigenvalue weighted by atomic mass is 35.5. The van der Waals surface area contributed by atoms with Crippen molar-refractivity contribution < 1.29 is 13.7 Å². The predicted octanol–water partition coefficient (Wildman–Crippen LogP) is 4.83. The number of nitrogens with one attached hydrogen (secondary N) is 1. The first kappa shape index (κ1) is 17.1. The van der Waals surface area contributed by atoms with Gasteiger partial charge < -0.3 is 14.3 Å². The number of benzene rings is 2. The van der Waals surface area contributed by atoms with Crippen LogP contribution >= 0.6 is 11.6 Å². The number of carbonyl (C=O) groups is 1. The van der Waals surface area contributed by atoms with E-state index in [2.05, 4.69) is 15.5 Å². The number of hydrogen-bond acceptors (Lipinski definition) is 5. The summed E-state index contributed by atoms with van der Waals surface area (Å²) in [5.41, 5.74) is 2.09. The molecule has 0 atom stereocenters. The molecule has 2 heterocycles. The third-order valence-corrected chi connectivity index (χ3v) is 4.13. The predicted molar refractivity (Wildman–Crippen MR) is 101 cm³/mol. The van der Waals surface area contributed by atoms with Crippen molar-refractivity contribution in [2.45, 2.75) is 6.42 Å². The zero-order valence-electron chi connectivity index (χ0n) is 14.1. The molecule has 0 unspecified atom stereocenters. The highest BCUT2D eigenvalue weighted by Crippen LogP contribution is 2.28. The molecule has 4 rings (SSSR count). The van der Waals surface area contributed by atoms with Gasteiger partial charge in [-0.1, -0.05) is 41.0 Å². The van der Waals surface area contributed by atoms with Crippen LogP contribution in [-0.2, 0) is 11.2 Å². The first-order chi connectivity index (χ1) is 13.2. The SMILES string of the molecule is O=C(Cc1ccc(Cl)cc1)Nc1ccccc1-c1nc(-c2ccco2)no1. The van der Waals surface area contributed by atoms with Gasteiger partial charge in [0, 0.05) is 5.02 Å². The Kier molecular flexibility index (Phi) is 4.72. The summed E-state index contributed by atoms with van der Waals surface area (Å²) in [6.45, 7) is 0. The maximum absolute atomic E-state index is 12.4. The van der Waals surface area contributed by atoms with E-state index in [4.69, 9.17) is 20.5 Å². The lowest BCUT2D eigenvalue weighted by atomic mass is 10.1. The number of hydrogen-bond donors (Lipinski definition) is 1. The van der Waals surface area contributed by atoms with Crippen LogP contribution in [0.2, 0.25) is 5.02 Å². The van der Waals surface area contributed by atoms with Gasteiger partial charge in [0.2, 0.25) is 11.7 Å². The van der Waals surface area contributed by atoms with Crippen LogP contribution in [0, 0.1) is 0 Å². The molecule has 0 saturated heterocycles. The molecule has 7 heteroatoms. The number of para-hydroxylation sites is 1. The zero-order chi connectivity index (χ0) is 18.6. The molecule has 0 spiro atoms. The van der Waals surface area contributed by atoms with Gasteiger partial charge in [-0.15, -0.1) is 0 Å². The fraction of sp³-hybridized carbons (Fsp3) is 0.0500. The van der Waals surface area contributed by atoms with Gasteiger partial charge in [-0.3, -0.25) is 4.79 Å². The Bertz CT molecular complexity index is 1060. The summed E-state index contributed by atoms with van der Waals surface area (Å²) in [6.07, 6.45) is 1.77. The molecule has 1 amide bonds. The second kappa shape index (κ2) is 7.47. The minimum absolute atomic E-state index is 0.157. The summed E-state index contributed by atoms with van der Waals surface area (Å²) >= 11 is 5.88. The van der Waals surface area contributed by atoms with Gasteiger partial charge in [-0.2, -0.15) is 4.98 Å². The first-order valence-electron chi connectivity index (χ1n) is 8.20. The van der Waals surface area contributed by atoms with E-state index in [1.165, 1.54) is 6.26 Å². The molecule has 0 radical (unpaired) electrons. The van der Waals surface area contributed by atoms with Gasteiger partial charge in [0.15, 0.2) is 5.76 Å². The Morgan fingerprint density at radius 3 is 2.63 bits per heavy atom. The van der Waals surface area contributed by atoms with Crippen LogP contribution in [-0.4, -0.2) is 16.0 Å². The fourth-order valence-electron chi connectivity index (χ4n) is 2.60. The lowest BCUT2D eigenvalue weighted by molar-refractivity contribution is -0.115. The van der Waals surface area contributed by atoms with Crippen molar-refractivity contribution in [3.05, 3.63) is 77.5 Å². The van der Waals surface area contributed by atoms with E-state index in [1.54, 1.807) is 36.4 Å². The summed E-state index contributed by atoms with van der Waals surface area (Å²) in [4.78, 5) is 16.8. The molecule has 4 aromatic rings. The van der Waals surface area contributed by atoms with Crippen LogP contribution in [0.25, 0.3) is 23.0 Å². The molecular formula is C20H14ClN3O3. The molecule has 134 valence electrons. The van der Waals surface area contributed by atoms with Gasteiger partial charge in [-0.25, -0.2) is 0 Å². The van der Waals surface area contributed by atoms with Crippen molar-refractivity contribution in [1.82, 2.24) is 10.1 Å². The third-order valence-electron chi connectivity index (χ3n) is 3.88. The number of amides is 1. The van der Waals surface area contributed by atoms with Crippen molar-refractivity contribution in [3.8, 4) is 23.0 Å². The monoisotopic (exact) mass is 379 g/mol. The second-order valence-corrected chi connectivity index (χ2v) is 6.23. The summed E-state index contributed by atoms with van der Waals surface area (Å²) in [5.74, 6) is 0.992. The van der Waals surface area contributed by atoms with Gasteiger partial charge >= 0.3 is 0 Å². The lowest BCUT2D eigenvalue weighted by Gasteiger charge is -2.08. The molecule has 2 aromatic carbocycles. The molecule has 0 aliphatic carbocycles. The topological polar surface area (TPSA) is 81.2 Å². The Morgan fingerprint density at radius 2 is 1.85 bits per heavy atom. The first-order valence-corrected chi connectivity index (χ1v) is 8.58. The highest BCUT2D eigenvalue weighted by Gasteiger charge is 2.16. The van der Waals surface area contributed by atoms with E-state index in [0.717, 1.165) is 5.56 Å². The van der Waals surface area contributed by atoms with Crippen LogP contribution in [0.1, 0.15) is 5.56 Å². The molecule has 0 fully saturated rings. The average molecular weight is 380 g/mol. The van der Waals surface area contributed by atoms with Crippen molar-refractivity contribution in [2.24, 2.45) is 0 Å². The third kappa shape index (κ3) is 3.91. The molecule has 6 nitrogen and oxygen atoms in total. The van der Waals surface area contributed by atoms with E-state index in [-0.39, 0.29) is 12.3 Å². The van der Waals surface area contributed by atoms with E-state index in [9.17, 15) is 4.79 Å². The van der Waals surface area contributed by atoms with E-state index >= 15 is 0 Å². The molecule has 27 heavy (non-hydrogen) atoms. The highest BCUT2D eigenvalue weighted by molar-refractivity contribution is 6.30. The number of rotatable bonds is 5. The van der Waals surface area contributed by atoms with Crippen LogP contribution in [0.15, 0.2) is 75.9 Å². The molecule has 0 saturated carbocycles. The lowest BCUT2D eigenvalue weighted by Crippen LogP contribution is -2.15. The molecule has 2 aromatic heterocycles. The maximum atomic E-state index is 12.4. The van der Waals surface area contributed by atoms with Gasteiger partial charge in [-0.05, 0) is 42.0 Å². The number of furan rings is 1.